The number of nitro benzene ring substituents is 1. The summed E-state index contributed by atoms with van der Waals surface area (Å²) in [6, 6.07) is 10.3. The van der Waals surface area contributed by atoms with Gasteiger partial charge in [-0.2, -0.15) is 0 Å². The summed E-state index contributed by atoms with van der Waals surface area (Å²) in [5.41, 5.74) is 43.0. The molecule has 0 aliphatic carbocycles. The quantitative estimate of drug-likeness (QED) is 0.0155. The lowest BCUT2D eigenvalue weighted by Crippen LogP contribution is -2.58. The van der Waals surface area contributed by atoms with Gasteiger partial charge in [0, 0.05) is 25.0 Å². The maximum absolute atomic E-state index is 14.0. The molecule has 3 rings (SSSR count). The third kappa shape index (κ3) is 15.2. The number of aliphatic hydroxyl groups is 1. The minimum atomic E-state index is -2.22. The average molecular weight is 908 g/mol. The molecule has 23 N–H and O–H groups in total. The Morgan fingerprint density at radius 2 is 1.15 bits per heavy atom. The number of aromatic nitrogens is 2. The van der Waals surface area contributed by atoms with E-state index in [4.69, 9.17) is 45.9 Å². The zero-order chi connectivity index (χ0) is 48.5. The number of nitrogens with zero attached hydrogens (tertiary/aromatic N) is 8. The monoisotopic (exact) mass is 907 g/mol. The predicted molar refractivity (Wildman–Crippen MR) is 228 cm³/mol. The molecule has 31 heteroatoms. The molecule has 0 aliphatic heterocycles. The van der Waals surface area contributed by atoms with Gasteiger partial charge in [0.2, 0.25) is 42.7 Å². The van der Waals surface area contributed by atoms with Gasteiger partial charge in [-0.3, -0.25) is 38.9 Å². The number of hydrogen-bond donors (Lipinski definition) is 15. The summed E-state index contributed by atoms with van der Waals surface area (Å²) in [4.78, 5) is 114. The van der Waals surface area contributed by atoms with E-state index in [1.807, 2.05) is 5.32 Å². The van der Waals surface area contributed by atoms with Crippen molar-refractivity contribution in [1.29, 1.82) is 0 Å². The summed E-state index contributed by atoms with van der Waals surface area (Å²) in [6.45, 7) is 0.771. The van der Waals surface area contributed by atoms with Crippen LogP contribution in [0.15, 0.2) is 87.0 Å². The molecule has 2 aromatic carbocycles. The highest BCUT2D eigenvalue weighted by atomic mass is 16.6. The molecule has 0 saturated carbocycles. The number of nitrogens with one attached hydrogen (secondary N) is 5. The molecule has 6 unspecified atom stereocenters. The van der Waals surface area contributed by atoms with E-state index in [0.717, 1.165) is 17.0 Å². The number of phenols is 1. The van der Waals surface area contributed by atoms with Gasteiger partial charge in [-0.25, -0.2) is 29.9 Å². The molecule has 65 heavy (non-hydrogen) atoms. The fourth-order valence-corrected chi connectivity index (χ4v) is 5.17. The largest absolute Gasteiger partial charge is 0.502 e. The SMILES string of the molecule is CC(N)=NC(NC(=O)C(N=C(N)N)NC(=O)C(N=C(N)N)NC(=O)C(NC(=O)C(O)N(Cc1ccc(O)c([N+](=O)[O-])c1)c1ncccn1)c1ccccc1)C(=O)NC(N=C(N)N)C(N)=O. The van der Waals surface area contributed by atoms with Gasteiger partial charge in [0.05, 0.1) is 10.8 Å². The smallest absolute Gasteiger partial charge is 0.311 e. The van der Waals surface area contributed by atoms with Crippen molar-refractivity contribution in [3.8, 4) is 5.75 Å². The van der Waals surface area contributed by atoms with Gasteiger partial charge in [-0.1, -0.05) is 36.4 Å². The number of amides is 6. The van der Waals surface area contributed by atoms with E-state index in [1.54, 1.807) is 6.07 Å². The van der Waals surface area contributed by atoms with Crippen molar-refractivity contribution < 1.29 is 43.9 Å². The standard InChI is InChI=1S/C34H45N21O10/c1-14(35)45-22(26(59)47-21(20(36)57)51-31(37)38)49-28(61)24(53-33(41)42)50-27(60)23(52-32(39)40)48-25(58)19(16-6-3-2-4-7-16)46-29(62)30(63)54(34-43-10-5-11-44-34)13-15-8-9-18(56)17(12-15)55(64)65/h2-12,19,21-24,30,56,63H,13H2,1H3,(H2,35,45)(H2,36,57)(H,46,62)(H,47,59)(H,48,58)(H,49,61)(H,50,60)(H4,37,38,51)(H4,39,40,52)(H4,41,42,53). The third-order valence-corrected chi connectivity index (χ3v) is 7.91. The third-order valence-electron chi connectivity index (χ3n) is 7.91. The Morgan fingerprint density at radius 3 is 1.63 bits per heavy atom. The molecule has 0 bridgehead atoms. The number of carbonyl (C=O) groups excluding carboxylic acids is 6. The first-order valence-electron chi connectivity index (χ1n) is 18.2. The summed E-state index contributed by atoms with van der Waals surface area (Å²) >= 11 is 0. The molecule has 6 atom stereocenters. The number of phenolic OH excluding ortho intramolecular Hbond substituents is 1. The Balaban J connectivity index is 1.94. The molecule has 3 aromatic rings. The topological polar surface area (TPSA) is 533 Å². The Hall–Kier alpha value is -9.42. The van der Waals surface area contributed by atoms with Gasteiger partial charge in [-0.05, 0) is 30.2 Å². The lowest BCUT2D eigenvalue weighted by atomic mass is 10.1. The van der Waals surface area contributed by atoms with E-state index < -0.39 is 113 Å². The predicted octanol–water partition coefficient (Wildman–Crippen LogP) is -7.28. The maximum Gasteiger partial charge on any atom is 0.311 e. The van der Waals surface area contributed by atoms with Gasteiger partial charge in [-0.15, -0.1) is 0 Å². The molecular formula is C34H45N21O10. The van der Waals surface area contributed by atoms with Crippen LogP contribution in [0.25, 0.3) is 0 Å². The number of guanidine groups is 3. The molecule has 346 valence electrons. The first-order valence-corrected chi connectivity index (χ1v) is 18.2. The molecule has 31 nitrogen and oxygen atoms in total. The minimum absolute atomic E-state index is 0.0716. The van der Waals surface area contributed by atoms with Gasteiger partial charge in [0.1, 0.15) is 6.04 Å². The lowest BCUT2D eigenvalue weighted by Gasteiger charge is -2.29. The molecule has 6 amide bonds. The van der Waals surface area contributed by atoms with Crippen molar-refractivity contribution in [2.75, 3.05) is 4.90 Å². The highest BCUT2D eigenvalue weighted by Gasteiger charge is 2.35. The highest BCUT2D eigenvalue weighted by Crippen LogP contribution is 2.28. The minimum Gasteiger partial charge on any atom is -0.502 e. The molecule has 0 saturated heterocycles. The van der Waals surface area contributed by atoms with Crippen LogP contribution in [-0.4, -0.2) is 115 Å². The lowest BCUT2D eigenvalue weighted by molar-refractivity contribution is -0.385. The van der Waals surface area contributed by atoms with Crippen molar-refractivity contribution in [2.24, 2.45) is 65.8 Å². The number of nitrogens with two attached hydrogens (primary N) is 8. The molecule has 1 aromatic heterocycles. The normalized spacial score (nSPS) is 13.6. The number of primary amides is 1. The second kappa shape index (κ2) is 23.0. The van der Waals surface area contributed by atoms with Gasteiger partial charge < -0.3 is 87.6 Å². The van der Waals surface area contributed by atoms with Gasteiger partial charge in [0.15, 0.2) is 23.6 Å². The number of benzene rings is 2. The van der Waals surface area contributed by atoms with Crippen LogP contribution >= 0.6 is 0 Å². The molecule has 0 fully saturated rings. The summed E-state index contributed by atoms with van der Waals surface area (Å²) in [5.74, 6) is -11.1. The van der Waals surface area contributed by atoms with Crippen molar-refractivity contribution in [1.82, 2.24) is 36.6 Å². The molecule has 1 heterocycles. The number of aliphatic hydroxyl groups excluding tert-OH is 1. The fourth-order valence-electron chi connectivity index (χ4n) is 5.17. The van der Waals surface area contributed by atoms with Crippen molar-refractivity contribution in [2.45, 2.75) is 50.4 Å². The zero-order valence-electron chi connectivity index (χ0n) is 33.9. The first-order chi connectivity index (χ1) is 30.6. The molecule has 0 radical (unpaired) electrons. The number of amidine groups is 1. The van der Waals surface area contributed by atoms with Crippen LogP contribution < -0.4 is 77.4 Å². The van der Waals surface area contributed by atoms with Crippen LogP contribution in [0, 0.1) is 10.1 Å². The summed E-state index contributed by atoms with van der Waals surface area (Å²) in [7, 11) is 0. The molecular weight excluding hydrogens is 863 g/mol. The number of rotatable bonds is 21. The van der Waals surface area contributed by atoms with E-state index in [2.05, 4.69) is 51.2 Å². The number of nitro groups is 1. The molecule has 0 aliphatic rings. The van der Waals surface area contributed by atoms with Crippen LogP contribution in [0.3, 0.4) is 0 Å². The Bertz CT molecular complexity index is 2350. The van der Waals surface area contributed by atoms with E-state index in [-0.39, 0.29) is 22.9 Å². The zero-order valence-corrected chi connectivity index (χ0v) is 33.9. The first kappa shape index (κ1) is 49.9. The van der Waals surface area contributed by atoms with Crippen molar-refractivity contribution in [3.63, 3.8) is 0 Å². The van der Waals surface area contributed by atoms with Crippen molar-refractivity contribution in [3.05, 3.63) is 88.2 Å². The second-order valence-electron chi connectivity index (χ2n) is 13.0. The number of carbonyl (C=O) groups is 6. The Morgan fingerprint density at radius 1 is 0.677 bits per heavy atom. The average Bonchev–Trinajstić information content (AvgIpc) is 3.23. The van der Waals surface area contributed by atoms with Crippen LogP contribution in [0.1, 0.15) is 24.1 Å². The fraction of sp³-hybridized carbons (Fsp3) is 0.235. The van der Waals surface area contributed by atoms with Gasteiger partial charge >= 0.3 is 5.69 Å². The number of hydrogen-bond acceptors (Lipinski definition) is 17. The number of anilines is 1. The van der Waals surface area contributed by atoms with Gasteiger partial charge in [0.25, 0.3) is 29.5 Å². The van der Waals surface area contributed by atoms with E-state index >= 15 is 0 Å². The number of aromatic hydroxyl groups is 1. The van der Waals surface area contributed by atoms with Crippen LogP contribution in [0.2, 0.25) is 0 Å². The van der Waals surface area contributed by atoms with E-state index in [0.29, 0.717) is 0 Å². The Kier molecular flexibility index (Phi) is 17.7. The summed E-state index contributed by atoms with van der Waals surface area (Å²) < 4.78 is 0. The summed E-state index contributed by atoms with van der Waals surface area (Å²) in [5, 5.41) is 43.6. The molecule has 0 spiro atoms. The summed E-state index contributed by atoms with van der Waals surface area (Å²) in [6.07, 6.45) is -7.75. The van der Waals surface area contributed by atoms with E-state index in [9.17, 15) is 49.1 Å². The maximum atomic E-state index is 14.0. The van der Waals surface area contributed by atoms with Crippen LogP contribution in [-0.2, 0) is 35.3 Å². The van der Waals surface area contributed by atoms with Crippen LogP contribution in [0.5, 0.6) is 5.75 Å². The van der Waals surface area contributed by atoms with E-state index in [1.165, 1.54) is 55.7 Å². The highest BCUT2D eigenvalue weighted by molar-refractivity contribution is 5.99. The number of aliphatic imine (C=N–C) groups is 4. The van der Waals surface area contributed by atoms with Crippen molar-refractivity contribution >= 4 is 70.8 Å². The van der Waals surface area contributed by atoms with Crippen LogP contribution in [0.4, 0.5) is 11.6 Å². The Labute approximate surface area is 366 Å². The second-order valence-corrected chi connectivity index (χ2v) is 13.0.